The first kappa shape index (κ1) is 10.6. The second-order valence-corrected chi connectivity index (χ2v) is 4.53. The fraction of sp³-hybridized carbons (Fsp3) is 0.818. The minimum Gasteiger partial charge on any atom is -0.303 e. The lowest BCUT2D eigenvalue weighted by Crippen LogP contribution is -2.43. The molecule has 0 radical (unpaired) electrons. The van der Waals surface area contributed by atoms with Gasteiger partial charge in [0.05, 0.1) is 12.5 Å². The molecule has 2 aliphatic rings. The molecule has 4 nitrogen and oxygen atoms in total. The van der Waals surface area contributed by atoms with Gasteiger partial charge < -0.3 is 5.32 Å². The van der Waals surface area contributed by atoms with Crippen LogP contribution in [0.5, 0.6) is 0 Å². The standard InChI is InChI=1S/C11H18N2O2/c1-3-13-10(14)6-9(11(13)15)12-7(2)8-4-5-8/h7-9,12H,3-6H2,1-2H3. The molecule has 1 aliphatic heterocycles. The third-order valence-electron chi connectivity index (χ3n) is 3.35. The van der Waals surface area contributed by atoms with Crippen LogP contribution in [0, 0.1) is 5.92 Å². The molecule has 0 bridgehead atoms. The molecule has 4 heteroatoms. The van der Waals surface area contributed by atoms with Crippen LogP contribution in [0.4, 0.5) is 0 Å². The van der Waals surface area contributed by atoms with E-state index in [-0.39, 0.29) is 17.9 Å². The smallest absolute Gasteiger partial charge is 0.246 e. The number of carbonyl (C=O) groups excluding carboxylic acids is 2. The lowest BCUT2D eigenvalue weighted by atomic mass is 10.1. The van der Waals surface area contributed by atoms with Gasteiger partial charge in [-0.1, -0.05) is 0 Å². The van der Waals surface area contributed by atoms with Crippen LogP contribution in [0.15, 0.2) is 0 Å². The molecule has 2 atom stereocenters. The van der Waals surface area contributed by atoms with Crippen molar-refractivity contribution in [1.29, 1.82) is 0 Å². The number of imide groups is 1. The molecule has 2 fully saturated rings. The van der Waals surface area contributed by atoms with Crippen molar-refractivity contribution in [2.24, 2.45) is 5.92 Å². The van der Waals surface area contributed by atoms with E-state index in [1.807, 2.05) is 6.92 Å². The predicted octanol–water partition coefficient (Wildman–Crippen LogP) is 0.522. The Balaban J connectivity index is 1.93. The van der Waals surface area contributed by atoms with Gasteiger partial charge >= 0.3 is 0 Å². The van der Waals surface area contributed by atoms with Crippen molar-refractivity contribution in [2.75, 3.05) is 6.54 Å². The average molecular weight is 210 g/mol. The molecule has 1 aliphatic carbocycles. The van der Waals surface area contributed by atoms with E-state index < -0.39 is 0 Å². The van der Waals surface area contributed by atoms with Gasteiger partial charge in [-0.3, -0.25) is 14.5 Å². The van der Waals surface area contributed by atoms with E-state index >= 15 is 0 Å². The summed E-state index contributed by atoms with van der Waals surface area (Å²) in [7, 11) is 0. The molecule has 2 amide bonds. The van der Waals surface area contributed by atoms with Crippen molar-refractivity contribution in [1.82, 2.24) is 10.2 Å². The van der Waals surface area contributed by atoms with Crippen molar-refractivity contribution in [2.45, 2.75) is 45.2 Å². The van der Waals surface area contributed by atoms with Gasteiger partial charge in [-0.05, 0) is 32.6 Å². The Labute approximate surface area is 90.0 Å². The fourth-order valence-electron chi connectivity index (χ4n) is 2.20. The van der Waals surface area contributed by atoms with Crippen LogP contribution in [0.2, 0.25) is 0 Å². The zero-order valence-corrected chi connectivity index (χ0v) is 9.32. The van der Waals surface area contributed by atoms with Gasteiger partial charge in [-0.25, -0.2) is 0 Å². The summed E-state index contributed by atoms with van der Waals surface area (Å²) in [6.07, 6.45) is 2.84. The van der Waals surface area contributed by atoms with Gasteiger partial charge in [0.25, 0.3) is 0 Å². The summed E-state index contributed by atoms with van der Waals surface area (Å²) < 4.78 is 0. The first-order valence-electron chi connectivity index (χ1n) is 5.73. The molecule has 15 heavy (non-hydrogen) atoms. The monoisotopic (exact) mass is 210 g/mol. The highest BCUT2D eigenvalue weighted by atomic mass is 16.2. The first-order valence-corrected chi connectivity index (χ1v) is 5.73. The van der Waals surface area contributed by atoms with Crippen molar-refractivity contribution in [3.63, 3.8) is 0 Å². The van der Waals surface area contributed by atoms with Crippen molar-refractivity contribution >= 4 is 11.8 Å². The summed E-state index contributed by atoms with van der Waals surface area (Å²) >= 11 is 0. The number of carbonyl (C=O) groups is 2. The molecule has 0 aromatic rings. The Morgan fingerprint density at radius 3 is 2.60 bits per heavy atom. The zero-order valence-electron chi connectivity index (χ0n) is 9.32. The van der Waals surface area contributed by atoms with E-state index in [9.17, 15) is 9.59 Å². The maximum atomic E-state index is 11.8. The van der Waals surface area contributed by atoms with Gasteiger partial charge in [0.1, 0.15) is 0 Å². The molecule has 1 saturated carbocycles. The fourth-order valence-corrected chi connectivity index (χ4v) is 2.20. The SMILES string of the molecule is CCN1C(=O)CC(NC(C)C2CC2)C1=O. The first-order chi connectivity index (χ1) is 7.13. The average Bonchev–Trinajstić information content (AvgIpc) is 2.97. The molecule has 0 aromatic heterocycles. The van der Waals surface area contributed by atoms with Gasteiger partial charge in [-0.15, -0.1) is 0 Å². The highest BCUT2D eigenvalue weighted by molar-refractivity contribution is 6.05. The number of rotatable bonds is 4. The van der Waals surface area contributed by atoms with Crippen LogP contribution in [-0.4, -0.2) is 35.3 Å². The van der Waals surface area contributed by atoms with Crippen LogP contribution >= 0.6 is 0 Å². The molecule has 0 aromatic carbocycles. The van der Waals surface area contributed by atoms with E-state index in [0.717, 1.165) is 0 Å². The van der Waals surface area contributed by atoms with Crippen LogP contribution < -0.4 is 5.32 Å². The second-order valence-electron chi connectivity index (χ2n) is 4.53. The number of likely N-dealkylation sites (N-methyl/N-ethyl adjacent to an activating group) is 1. The molecule has 1 heterocycles. The van der Waals surface area contributed by atoms with Gasteiger partial charge in [0, 0.05) is 12.6 Å². The van der Waals surface area contributed by atoms with Crippen LogP contribution in [0.1, 0.15) is 33.1 Å². The van der Waals surface area contributed by atoms with Crippen LogP contribution in [0.3, 0.4) is 0 Å². The molecule has 84 valence electrons. The van der Waals surface area contributed by atoms with E-state index in [1.165, 1.54) is 17.7 Å². The molecule has 2 rings (SSSR count). The quantitative estimate of drug-likeness (QED) is 0.688. The third kappa shape index (κ3) is 2.04. The molecule has 0 spiro atoms. The van der Waals surface area contributed by atoms with Crippen LogP contribution in [0.25, 0.3) is 0 Å². The topological polar surface area (TPSA) is 49.4 Å². The molecular weight excluding hydrogens is 192 g/mol. The second kappa shape index (κ2) is 3.93. The van der Waals surface area contributed by atoms with E-state index in [0.29, 0.717) is 24.9 Å². The Bertz CT molecular complexity index is 286. The summed E-state index contributed by atoms with van der Waals surface area (Å²) in [5.41, 5.74) is 0. The molecular formula is C11H18N2O2. The van der Waals surface area contributed by atoms with Crippen LogP contribution in [-0.2, 0) is 9.59 Å². The summed E-state index contributed by atoms with van der Waals surface area (Å²) in [6, 6.07) is 0.0941. The number of hydrogen-bond donors (Lipinski definition) is 1. The Morgan fingerprint density at radius 2 is 2.13 bits per heavy atom. The summed E-state index contributed by atoms with van der Waals surface area (Å²) in [6.45, 7) is 4.43. The van der Waals surface area contributed by atoms with Crippen molar-refractivity contribution < 1.29 is 9.59 Å². The number of nitrogens with one attached hydrogen (secondary N) is 1. The van der Waals surface area contributed by atoms with Gasteiger partial charge in [0.2, 0.25) is 11.8 Å². The summed E-state index contributed by atoms with van der Waals surface area (Å²) in [5.74, 6) is 0.626. The molecule has 1 saturated heterocycles. The largest absolute Gasteiger partial charge is 0.303 e. The highest BCUT2D eigenvalue weighted by Crippen LogP contribution is 2.33. The van der Waals surface area contributed by atoms with Gasteiger partial charge in [0.15, 0.2) is 0 Å². The molecule has 2 unspecified atom stereocenters. The minimum absolute atomic E-state index is 0.0389. The van der Waals surface area contributed by atoms with E-state index in [2.05, 4.69) is 12.2 Å². The lowest BCUT2D eigenvalue weighted by molar-refractivity contribution is -0.138. The Morgan fingerprint density at radius 1 is 1.47 bits per heavy atom. The van der Waals surface area contributed by atoms with E-state index in [4.69, 9.17) is 0 Å². The van der Waals surface area contributed by atoms with Crippen molar-refractivity contribution in [3.8, 4) is 0 Å². The zero-order chi connectivity index (χ0) is 11.0. The predicted molar refractivity (Wildman–Crippen MR) is 56.1 cm³/mol. The highest BCUT2D eigenvalue weighted by Gasteiger charge is 2.39. The Hall–Kier alpha value is -0.900. The normalized spacial score (nSPS) is 28.7. The number of hydrogen-bond acceptors (Lipinski definition) is 3. The lowest BCUT2D eigenvalue weighted by Gasteiger charge is -2.17. The number of amides is 2. The molecule has 1 N–H and O–H groups in total. The maximum Gasteiger partial charge on any atom is 0.246 e. The van der Waals surface area contributed by atoms with E-state index in [1.54, 1.807) is 0 Å². The number of likely N-dealkylation sites (tertiary alicyclic amines) is 1. The third-order valence-corrected chi connectivity index (χ3v) is 3.35. The maximum absolute atomic E-state index is 11.8. The van der Waals surface area contributed by atoms with Gasteiger partial charge in [-0.2, -0.15) is 0 Å². The number of nitrogens with zero attached hydrogens (tertiary/aromatic N) is 1. The summed E-state index contributed by atoms with van der Waals surface area (Å²) in [4.78, 5) is 24.6. The Kier molecular flexibility index (Phi) is 2.78. The minimum atomic E-state index is -0.270. The van der Waals surface area contributed by atoms with Crippen molar-refractivity contribution in [3.05, 3.63) is 0 Å². The summed E-state index contributed by atoms with van der Waals surface area (Å²) in [5, 5.41) is 3.27.